The number of fused-ring (bicyclic) bond motifs is 1. The van der Waals surface area contributed by atoms with Crippen LogP contribution >= 0.6 is 0 Å². The molecule has 3 heteroatoms. The van der Waals surface area contributed by atoms with Gasteiger partial charge in [-0.05, 0) is 41.5 Å². The normalized spacial score (nSPS) is 10.5. The number of pyridine rings is 1. The van der Waals surface area contributed by atoms with E-state index < -0.39 is 0 Å². The monoisotopic (exact) mass is 277 g/mol. The fourth-order valence-corrected chi connectivity index (χ4v) is 2.27. The molecular formula is C18H19N3. The van der Waals surface area contributed by atoms with Crippen molar-refractivity contribution in [3.8, 4) is 0 Å². The lowest BCUT2D eigenvalue weighted by Crippen LogP contribution is -2.03. The van der Waals surface area contributed by atoms with E-state index in [0.717, 1.165) is 30.3 Å². The molecule has 0 aliphatic rings. The smallest absolute Gasteiger partial charge is 0.132 e. The second-order valence-corrected chi connectivity index (χ2v) is 5.02. The summed E-state index contributed by atoms with van der Waals surface area (Å²) < 4.78 is 0. The number of rotatable bonds is 5. The number of benzene rings is 2. The molecule has 0 fully saturated rings. The Bertz CT molecular complexity index is 737. The molecule has 0 aliphatic heterocycles. The van der Waals surface area contributed by atoms with Crippen molar-refractivity contribution in [2.75, 3.05) is 17.2 Å². The first-order chi connectivity index (χ1) is 10.3. The van der Waals surface area contributed by atoms with Crippen molar-refractivity contribution < 1.29 is 0 Å². The lowest BCUT2D eigenvalue weighted by Gasteiger charge is -2.09. The lowest BCUT2D eigenvalue weighted by molar-refractivity contribution is 0.970. The zero-order chi connectivity index (χ0) is 14.5. The number of anilines is 3. The van der Waals surface area contributed by atoms with Gasteiger partial charge in [0, 0.05) is 12.2 Å². The molecule has 3 aromatic rings. The van der Waals surface area contributed by atoms with Crippen LogP contribution in [0.4, 0.5) is 17.3 Å². The largest absolute Gasteiger partial charge is 0.370 e. The first-order valence-electron chi connectivity index (χ1n) is 7.32. The summed E-state index contributed by atoms with van der Waals surface area (Å²) >= 11 is 0. The Morgan fingerprint density at radius 1 is 0.857 bits per heavy atom. The van der Waals surface area contributed by atoms with Gasteiger partial charge in [0.15, 0.2) is 0 Å². The SMILES string of the molecule is CCCNc1cccc(Nc2ccc3ccccc3c2)n1. The van der Waals surface area contributed by atoms with E-state index in [1.165, 1.54) is 10.8 Å². The average molecular weight is 277 g/mol. The van der Waals surface area contributed by atoms with Crippen molar-refractivity contribution in [2.24, 2.45) is 0 Å². The summed E-state index contributed by atoms with van der Waals surface area (Å²) in [6.07, 6.45) is 1.09. The van der Waals surface area contributed by atoms with Crippen molar-refractivity contribution in [1.29, 1.82) is 0 Å². The highest BCUT2D eigenvalue weighted by molar-refractivity contribution is 5.86. The number of nitrogens with one attached hydrogen (secondary N) is 2. The van der Waals surface area contributed by atoms with Gasteiger partial charge in [-0.3, -0.25) is 0 Å². The molecule has 0 aliphatic carbocycles. The Balaban J connectivity index is 1.81. The number of hydrogen-bond acceptors (Lipinski definition) is 3. The summed E-state index contributed by atoms with van der Waals surface area (Å²) in [7, 11) is 0. The van der Waals surface area contributed by atoms with Gasteiger partial charge in [0.25, 0.3) is 0 Å². The van der Waals surface area contributed by atoms with E-state index in [1.54, 1.807) is 0 Å². The molecule has 106 valence electrons. The highest BCUT2D eigenvalue weighted by Crippen LogP contribution is 2.22. The van der Waals surface area contributed by atoms with E-state index in [1.807, 2.05) is 18.2 Å². The molecule has 0 unspecified atom stereocenters. The molecular weight excluding hydrogens is 258 g/mol. The number of aromatic nitrogens is 1. The molecule has 3 nitrogen and oxygen atoms in total. The Kier molecular flexibility index (Phi) is 4.01. The van der Waals surface area contributed by atoms with Gasteiger partial charge < -0.3 is 10.6 Å². The van der Waals surface area contributed by atoms with Crippen molar-refractivity contribution in [3.63, 3.8) is 0 Å². The fourth-order valence-electron chi connectivity index (χ4n) is 2.27. The minimum Gasteiger partial charge on any atom is -0.370 e. The van der Waals surface area contributed by atoms with Gasteiger partial charge >= 0.3 is 0 Å². The van der Waals surface area contributed by atoms with Crippen molar-refractivity contribution in [2.45, 2.75) is 13.3 Å². The quantitative estimate of drug-likeness (QED) is 0.703. The number of nitrogens with zero attached hydrogens (tertiary/aromatic N) is 1. The molecule has 0 bridgehead atoms. The van der Waals surface area contributed by atoms with Crippen LogP contribution in [0.15, 0.2) is 60.7 Å². The van der Waals surface area contributed by atoms with Crippen molar-refractivity contribution in [3.05, 3.63) is 60.7 Å². The molecule has 0 radical (unpaired) electrons. The third kappa shape index (κ3) is 3.31. The highest BCUT2D eigenvalue weighted by atomic mass is 15.1. The van der Waals surface area contributed by atoms with E-state index >= 15 is 0 Å². The second kappa shape index (κ2) is 6.27. The number of hydrogen-bond donors (Lipinski definition) is 2. The first kappa shape index (κ1) is 13.4. The van der Waals surface area contributed by atoms with Gasteiger partial charge in [-0.2, -0.15) is 0 Å². The summed E-state index contributed by atoms with van der Waals surface area (Å²) in [5.41, 5.74) is 1.05. The van der Waals surface area contributed by atoms with Crippen LogP contribution in [0.3, 0.4) is 0 Å². The molecule has 0 atom stereocenters. The van der Waals surface area contributed by atoms with Crippen LogP contribution in [0.5, 0.6) is 0 Å². The molecule has 2 N–H and O–H groups in total. The zero-order valence-corrected chi connectivity index (χ0v) is 12.1. The molecule has 0 spiro atoms. The molecule has 0 amide bonds. The van der Waals surface area contributed by atoms with Crippen LogP contribution in [-0.2, 0) is 0 Å². The van der Waals surface area contributed by atoms with E-state index in [9.17, 15) is 0 Å². The van der Waals surface area contributed by atoms with Gasteiger partial charge in [0.1, 0.15) is 11.6 Å². The zero-order valence-electron chi connectivity index (χ0n) is 12.1. The van der Waals surface area contributed by atoms with Crippen LogP contribution in [-0.4, -0.2) is 11.5 Å². The van der Waals surface area contributed by atoms with E-state index in [0.29, 0.717) is 0 Å². The summed E-state index contributed by atoms with van der Waals surface area (Å²) in [5, 5.41) is 9.13. The lowest BCUT2D eigenvalue weighted by atomic mass is 10.1. The first-order valence-corrected chi connectivity index (χ1v) is 7.32. The fraction of sp³-hybridized carbons (Fsp3) is 0.167. The summed E-state index contributed by atoms with van der Waals surface area (Å²) in [6.45, 7) is 3.08. The maximum atomic E-state index is 4.56. The molecule has 21 heavy (non-hydrogen) atoms. The maximum Gasteiger partial charge on any atom is 0.132 e. The van der Waals surface area contributed by atoms with Gasteiger partial charge in [-0.1, -0.05) is 43.3 Å². The average Bonchev–Trinajstić information content (AvgIpc) is 2.53. The van der Waals surface area contributed by atoms with Gasteiger partial charge in [-0.25, -0.2) is 4.98 Å². The minimum atomic E-state index is 0.853. The molecule has 1 aromatic heterocycles. The topological polar surface area (TPSA) is 37.0 Å². The Morgan fingerprint density at radius 2 is 1.67 bits per heavy atom. The molecule has 2 aromatic carbocycles. The maximum absolute atomic E-state index is 4.56. The van der Waals surface area contributed by atoms with Crippen LogP contribution < -0.4 is 10.6 Å². The van der Waals surface area contributed by atoms with Crippen LogP contribution in [0.25, 0.3) is 10.8 Å². The second-order valence-electron chi connectivity index (χ2n) is 5.02. The summed E-state index contributed by atoms with van der Waals surface area (Å²) in [4.78, 5) is 4.56. The van der Waals surface area contributed by atoms with Crippen LogP contribution in [0.1, 0.15) is 13.3 Å². The highest BCUT2D eigenvalue weighted by Gasteiger charge is 1.99. The Labute approximate surface area is 125 Å². The Morgan fingerprint density at radius 3 is 2.52 bits per heavy atom. The minimum absolute atomic E-state index is 0.853. The van der Waals surface area contributed by atoms with Gasteiger partial charge in [-0.15, -0.1) is 0 Å². The summed E-state index contributed by atoms with van der Waals surface area (Å²) in [6, 6.07) is 20.7. The molecule has 0 saturated carbocycles. The van der Waals surface area contributed by atoms with Crippen LogP contribution in [0.2, 0.25) is 0 Å². The predicted molar refractivity (Wildman–Crippen MR) is 90.2 cm³/mol. The molecule has 3 rings (SSSR count). The van der Waals surface area contributed by atoms with Crippen LogP contribution in [0, 0.1) is 0 Å². The predicted octanol–water partition coefficient (Wildman–Crippen LogP) is 4.80. The Hall–Kier alpha value is -2.55. The van der Waals surface area contributed by atoms with E-state index in [2.05, 4.69) is 65.0 Å². The molecule has 1 heterocycles. The third-order valence-electron chi connectivity index (χ3n) is 3.33. The standard InChI is InChI=1S/C18H19N3/c1-2-12-19-17-8-5-9-18(21-17)20-16-11-10-14-6-3-4-7-15(14)13-16/h3-11,13H,2,12H2,1H3,(H2,19,20,21). The van der Waals surface area contributed by atoms with Crippen molar-refractivity contribution >= 4 is 28.1 Å². The summed E-state index contributed by atoms with van der Waals surface area (Å²) in [5.74, 6) is 1.76. The van der Waals surface area contributed by atoms with E-state index in [4.69, 9.17) is 0 Å². The molecule has 0 saturated heterocycles. The third-order valence-corrected chi connectivity index (χ3v) is 3.33. The van der Waals surface area contributed by atoms with E-state index in [-0.39, 0.29) is 0 Å². The van der Waals surface area contributed by atoms with Crippen molar-refractivity contribution in [1.82, 2.24) is 4.98 Å². The van der Waals surface area contributed by atoms with Gasteiger partial charge in [0.05, 0.1) is 0 Å². The van der Waals surface area contributed by atoms with Gasteiger partial charge in [0.2, 0.25) is 0 Å².